The van der Waals surface area contributed by atoms with E-state index in [-0.39, 0.29) is 17.3 Å². The molecule has 126 valence electrons. The first-order valence-corrected chi connectivity index (χ1v) is 8.48. The Kier molecular flexibility index (Phi) is 5.20. The molecule has 1 aliphatic rings. The normalized spacial score (nSPS) is 15.2. The largest absolute Gasteiger partial charge is 0.294 e. The van der Waals surface area contributed by atoms with E-state index in [0.717, 1.165) is 36.8 Å². The first kappa shape index (κ1) is 16.8. The van der Waals surface area contributed by atoms with Crippen molar-refractivity contribution < 1.29 is 4.79 Å². The summed E-state index contributed by atoms with van der Waals surface area (Å²) in [5.74, 6) is 0.110. The fourth-order valence-electron chi connectivity index (χ4n) is 3.17. The number of carbonyl (C=O) groups is 1. The Hall–Kier alpha value is -3.00. The van der Waals surface area contributed by atoms with Gasteiger partial charge in [0.15, 0.2) is 5.78 Å². The summed E-state index contributed by atoms with van der Waals surface area (Å²) in [6.45, 7) is 0. The van der Waals surface area contributed by atoms with Crippen LogP contribution >= 0.6 is 0 Å². The van der Waals surface area contributed by atoms with E-state index in [1.807, 2.05) is 18.2 Å². The van der Waals surface area contributed by atoms with Crippen molar-refractivity contribution in [1.82, 2.24) is 9.55 Å². The molecule has 0 N–H and O–H groups in total. The molecule has 0 aliphatic heterocycles. The van der Waals surface area contributed by atoms with Crippen molar-refractivity contribution in [3.63, 3.8) is 0 Å². The summed E-state index contributed by atoms with van der Waals surface area (Å²) in [7, 11) is 0. The van der Waals surface area contributed by atoms with Gasteiger partial charge in [0.2, 0.25) is 0 Å². The maximum absolute atomic E-state index is 12.3. The molecule has 5 nitrogen and oxygen atoms in total. The van der Waals surface area contributed by atoms with E-state index in [1.54, 1.807) is 24.7 Å². The summed E-state index contributed by atoms with van der Waals surface area (Å²) in [6, 6.07) is 7.10. The van der Waals surface area contributed by atoms with Crippen molar-refractivity contribution >= 4 is 12.0 Å². The summed E-state index contributed by atoms with van der Waals surface area (Å²) < 4.78 is 1.31. The molecule has 25 heavy (non-hydrogen) atoms. The van der Waals surface area contributed by atoms with E-state index in [2.05, 4.69) is 4.98 Å². The molecule has 2 aromatic rings. The Morgan fingerprint density at radius 3 is 2.60 bits per heavy atom. The predicted molar refractivity (Wildman–Crippen MR) is 95.6 cm³/mol. The number of ketones is 1. The first-order chi connectivity index (χ1) is 12.2. The maximum atomic E-state index is 12.3. The summed E-state index contributed by atoms with van der Waals surface area (Å²) >= 11 is 0. The highest BCUT2D eigenvalue weighted by Gasteiger charge is 2.18. The number of hydrogen-bond donors (Lipinski definition) is 0. The Balaban J connectivity index is 1.92. The molecular formula is C20H19N3O2. The lowest BCUT2D eigenvalue weighted by molar-refractivity contribution is -0.119. The van der Waals surface area contributed by atoms with Gasteiger partial charge in [-0.15, -0.1) is 0 Å². The molecule has 0 amide bonds. The molecule has 0 spiro atoms. The van der Waals surface area contributed by atoms with Gasteiger partial charge < -0.3 is 0 Å². The number of pyridine rings is 2. The highest BCUT2D eigenvalue weighted by atomic mass is 16.1. The van der Waals surface area contributed by atoms with Crippen molar-refractivity contribution in [2.45, 2.75) is 32.1 Å². The molecule has 2 aromatic heterocycles. The number of carbonyl (C=O) groups excluding carboxylic acids is 1. The number of nitriles is 1. The molecule has 2 heterocycles. The molecule has 1 aliphatic carbocycles. The van der Waals surface area contributed by atoms with Gasteiger partial charge in [0.05, 0.1) is 0 Å². The third-order valence-electron chi connectivity index (χ3n) is 4.58. The highest BCUT2D eigenvalue weighted by Crippen LogP contribution is 2.24. The second-order valence-corrected chi connectivity index (χ2v) is 6.26. The zero-order valence-electron chi connectivity index (χ0n) is 13.9. The predicted octanol–water partition coefficient (Wildman–Crippen LogP) is 3.40. The van der Waals surface area contributed by atoms with E-state index in [4.69, 9.17) is 0 Å². The average Bonchev–Trinajstić information content (AvgIpc) is 2.68. The lowest BCUT2D eigenvalue weighted by atomic mass is 9.86. The molecule has 3 rings (SSSR count). The Morgan fingerprint density at radius 1 is 1.20 bits per heavy atom. The fraction of sp³-hybridized carbons (Fsp3) is 0.300. The minimum atomic E-state index is -0.423. The Labute approximate surface area is 146 Å². The van der Waals surface area contributed by atoms with E-state index < -0.39 is 5.56 Å². The van der Waals surface area contributed by atoms with Gasteiger partial charge in [-0.1, -0.05) is 19.3 Å². The average molecular weight is 333 g/mol. The third-order valence-corrected chi connectivity index (χ3v) is 4.58. The van der Waals surface area contributed by atoms with Crippen molar-refractivity contribution in [3.8, 4) is 17.2 Å². The zero-order chi connectivity index (χ0) is 17.6. The van der Waals surface area contributed by atoms with Gasteiger partial charge in [-0.25, -0.2) is 0 Å². The maximum Gasteiger partial charge on any atom is 0.272 e. The van der Waals surface area contributed by atoms with E-state index >= 15 is 0 Å². The van der Waals surface area contributed by atoms with E-state index in [1.165, 1.54) is 23.3 Å². The smallest absolute Gasteiger partial charge is 0.272 e. The van der Waals surface area contributed by atoms with Crippen LogP contribution in [0.15, 0.2) is 47.7 Å². The van der Waals surface area contributed by atoms with Crippen LogP contribution in [0.3, 0.4) is 0 Å². The molecule has 1 fully saturated rings. The van der Waals surface area contributed by atoms with Gasteiger partial charge in [-0.2, -0.15) is 5.26 Å². The van der Waals surface area contributed by atoms with Gasteiger partial charge >= 0.3 is 0 Å². The number of rotatable bonds is 4. The quantitative estimate of drug-likeness (QED) is 0.804. The molecular weight excluding hydrogens is 314 g/mol. The van der Waals surface area contributed by atoms with Crippen LogP contribution in [0.5, 0.6) is 0 Å². The van der Waals surface area contributed by atoms with Crippen LogP contribution in [0.25, 0.3) is 17.3 Å². The monoisotopic (exact) mass is 333 g/mol. The minimum Gasteiger partial charge on any atom is -0.294 e. The third kappa shape index (κ3) is 3.92. The number of hydrogen-bond acceptors (Lipinski definition) is 4. The highest BCUT2D eigenvalue weighted by molar-refractivity contribution is 5.94. The minimum absolute atomic E-state index is 0.0454. The molecule has 0 bridgehead atoms. The molecule has 1 saturated carbocycles. The van der Waals surface area contributed by atoms with Gasteiger partial charge in [-0.3, -0.25) is 19.1 Å². The number of aromatic nitrogens is 2. The second-order valence-electron chi connectivity index (χ2n) is 6.26. The SMILES string of the molecule is N#Cc1cc(-c2ccncc2)cn(/C=C/C(=O)C2CCCCC2)c1=O. The topological polar surface area (TPSA) is 75.8 Å². The molecule has 0 unspecified atom stereocenters. The summed E-state index contributed by atoms with van der Waals surface area (Å²) in [4.78, 5) is 28.6. The van der Waals surface area contributed by atoms with Crippen molar-refractivity contribution in [2.75, 3.05) is 0 Å². The standard InChI is InChI=1S/C20H19N3O2/c21-13-17-12-18(15-6-9-22-10-7-15)14-23(20(17)25)11-8-19(24)16-4-2-1-3-5-16/h6-12,14,16H,1-5H2/b11-8+. The zero-order valence-corrected chi connectivity index (χ0v) is 13.9. The van der Waals surface area contributed by atoms with Gasteiger partial charge in [-0.05, 0) is 48.2 Å². The molecule has 0 saturated heterocycles. The summed E-state index contributed by atoms with van der Waals surface area (Å²) in [5, 5.41) is 9.23. The van der Waals surface area contributed by atoms with Crippen LogP contribution in [0.4, 0.5) is 0 Å². The van der Waals surface area contributed by atoms with Crippen LogP contribution in [0.1, 0.15) is 37.7 Å². The van der Waals surface area contributed by atoms with Crippen LogP contribution in [-0.2, 0) is 4.79 Å². The summed E-state index contributed by atoms with van der Waals surface area (Å²) in [5.41, 5.74) is 1.21. The van der Waals surface area contributed by atoms with E-state index in [9.17, 15) is 14.9 Å². The molecule has 0 radical (unpaired) electrons. The Morgan fingerprint density at radius 2 is 1.92 bits per heavy atom. The number of nitrogens with zero attached hydrogens (tertiary/aromatic N) is 3. The van der Waals surface area contributed by atoms with Gasteiger partial charge in [0.1, 0.15) is 11.6 Å². The van der Waals surface area contributed by atoms with E-state index in [0.29, 0.717) is 0 Å². The van der Waals surface area contributed by atoms with Crippen LogP contribution < -0.4 is 5.56 Å². The van der Waals surface area contributed by atoms with Crippen LogP contribution in [-0.4, -0.2) is 15.3 Å². The van der Waals surface area contributed by atoms with Crippen molar-refractivity contribution in [3.05, 3.63) is 58.8 Å². The lowest BCUT2D eigenvalue weighted by Gasteiger charge is -2.18. The van der Waals surface area contributed by atoms with Crippen LogP contribution in [0.2, 0.25) is 0 Å². The Bertz CT molecular complexity index is 885. The van der Waals surface area contributed by atoms with Crippen LogP contribution in [0, 0.1) is 17.2 Å². The molecule has 5 heteroatoms. The summed E-state index contributed by atoms with van der Waals surface area (Å²) in [6.07, 6.45) is 13.1. The lowest BCUT2D eigenvalue weighted by Crippen LogP contribution is -2.20. The van der Waals surface area contributed by atoms with Gasteiger partial charge in [0, 0.05) is 30.7 Å². The molecule has 0 atom stereocenters. The van der Waals surface area contributed by atoms with Gasteiger partial charge in [0.25, 0.3) is 5.56 Å². The second kappa shape index (κ2) is 7.71. The van der Waals surface area contributed by atoms with Crippen molar-refractivity contribution in [1.29, 1.82) is 5.26 Å². The first-order valence-electron chi connectivity index (χ1n) is 8.48. The molecule has 0 aromatic carbocycles. The van der Waals surface area contributed by atoms with Crippen molar-refractivity contribution in [2.24, 2.45) is 5.92 Å². The number of allylic oxidation sites excluding steroid dienone is 1. The fourth-order valence-corrected chi connectivity index (χ4v) is 3.17.